The second-order valence-corrected chi connectivity index (χ2v) is 5.95. The summed E-state index contributed by atoms with van der Waals surface area (Å²) >= 11 is 6.05. The van der Waals surface area contributed by atoms with Crippen LogP contribution in [0.4, 0.5) is 0 Å². The normalized spacial score (nSPS) is 16.2. The Morgan fingerprint density at radius 1 is 1.36 bits per heavy atom. The molecule has 1 heterocycles. The molecule has 1 aromatic rings. The van der Waals surface area contributed by atoms with Gasteiger partial charge in [-0.3, -0.25) is 14.5 Å². The molecule has 8 heteroatoms. The summed E-state index contributed by atoms with van der Waals surface area (Å²) in [6.07, 6.45) is 1.60. The van der Waals surface area contributed by atoms with Crippen molar-refractivity contribution < 1.29 is 24.2 Å². The first-order valence-corrected chi connectivity index (χ1v) is 7.30. The van der Waals surface area contributed by atoms with Gasteiger partial charge in [0.15, 0.2) is 0 Å². The van der Waals surface area contributed by atoms with Crippen molar-refractivity contribution in [1.82, 2.24) is 4.90 Å². The number of carbonyl (C=O) groups is 3. The van der Waals surface area contributed by atoms with Gasteiger partial charge < -0.3 is 9.84 Å². The highest BCUT2D eigenvalue weighted by Crippen LogP contribution is 2.32. The molecule has 1 N–H and O–H groups in total. The van der Waals surface area contributed by atoms with Crippen molar-refractivity contribution in [3.05, 3.63) is 40.3 Å². The van der Waals surface area contributed by atoms with Crippen LogP contribution in [0.1, 0.15) is 15.9 Å². The summed E-state index contributed by atoms with van der Waals surface area (Å²) < 4.78 is 4.81. The van der Waals surface area contributed by atoms with Gasteiger partial charge in [-0.25, -0.2) is 4.79 Å². The molecule has 2 rings (SSSR count). The molecule has 0 atom stereocenters. The smallest absolute Gasteiger partial charge is 0.337 e. The molecule has 1 aliphatic heterocycles. The number of ether oxygens (including phenoxy) is 1. The largest absolute Gasteiger partial charge is 0.480 e. The van der Waals surface area contributed by atoms with Gasteiger partial charge in [0.25, 0.3) is 5.91 Å². The summed E-state index contributed by atoms with van der Waals surface area (Å²) in [5.74, 6) is -2.01. The maximum atomic E-state index is 12.1. The highest BCUT2D eigenvalue weighted by Gasteiger charge is 2.33. The molecular weight excluding hydrogens is 326 g/mol. The van der Waals surface area contributed by atoms with E-state index in [0.29, 0.717) is 16.0 Å². The molecule has 0 saturated carbocycles. The molecule has 1 saturated heterocycles. The maximum absolute atomic E-state index is 12.1. The van der Waals surface area contributed by atoms with E-state index < -0.39 is 24.4 Å². The number of hydrogen-bond donors (Lipinski definition) is 1. The van der Waals surface area contributed by atoms with Gasteiger partial charge in [-0.15, -0.1) is 0 Å². The third kappa shape index (κ3) is 3.52. The quantitative estimate of drug-likeness (QED) is 0.509. The molecule has 0 aliphatic carbocycles. The van der Waals surface area contributed by atoms with E-state index in [-0.39, 0.29) is 4.32 Å². The van der Waals surface area contributed by atoms with Crippen LogP contribution in [0.25, 0.3) is 6.08 Å². The topological polar surface area (TPSA) is 83.9 Å². The molecule has 0 aromatic heterocycles. The Hall–Kier alpha value is -2.19. The molecule has 6 nitrogen and oxygen atoms in total. The van der Waals surface area contributed by atoms with E-state index in [1.807, 2.05) is 0 Å². The fourth-order valence-corrected chi connectivity index (χ4v) is 3.01. The lowest BCUT2D eigenvalue weighted by Crippen LogP contribution is -2.33. The summed E-state index contributed by atoms with van der Waals surface area (Å²) in [5.41, 5.74) is 1.10. The molecule has 0 bridgehead atoms. The third-order valence-corrected chi connectivity index (χ3v) is 4.17. The minimum Gasteiger partial charge on any atom is -0.480 e. The number of hydrogen-bond acceptors (Lipinski definition) is 6. The number of thioether (sulfide) groups is 1. The monoisotopic (exact) mass is 337 g/mol. The predicted octanol–water partition coefficient (Wildman–Crippen LogP) is 1.76. The Labute approximate surface area is 135 Å². The van der Waals surface area contributed by atoms with E-state index in [2.05, 4.69) is 4.74 Å². The SMILES string of the molecule is COC(=O)c1ccc(/C=C2/SC(=S)N(CC(=O)O)C2=O)cc1. The van der Waals surface area contributed by atoms with Crippen molar-refractivity contribution in [2.75, 3.05) is 13.7 Å². The fraction of sp³-hybridized carbons (Fsp3) is 0.143. The number of thiocarbonyl (C=S) groups is 1. The summed E-state index contributed by atoms with van der Waals surface area (Å²) in [6, 6.07) is 6.48. The summed E-state index contributed by atoms with van der Waals surface area (Å²) in [5, 5.41) is 8.77. The zero-order valence-electron chi connectivity index (χ0n) is 11.4. The van der Waals surface area contributed by atoms with Crippen molar-refractivity contribution in [3.8, 4) is 0 Å². The van der Waals surface area contributed by atoms with E-state index >= 15 is 0 Å². The number of carboxylic acids is 1. The number of rotatable bonds is 4. The number of amides is 1. The lowest BCUT2D eigenvalue weighted by atomic mass is 10.1. The van der Waals surface area contributed by atoms with Crippen LogP contribution in [0, 0.1) is 0 Å². The Kier molecular flexibility index (Phi) is 4.94. The lowest BCUT2D eigenvalue weighted by molar-refractivity contribution is -0.140. The van der Waals surface area contributed by atoms with E-state index in [0.717, 1.165) is 16.7 Å². The second kappa shape index (κ2) is 6.71. The molecule has 1 amide bonds. The minimum atomic E-state index is -1.13. The Morgan fingerprint density at radius 3 is 2.55 bits per heavy atom. The van der Waals surface area contributed by atoms with Gasteiger partial charge in [-0.05, 0) is 23.8 Å². The Balaban J connectivity index is 2.19. The van der Waals surface area contributed by atoms with Crippen molar-refractivity contribution in [1.29, 1.82) is 0 Å². The van der Waals surface area contributed by atoms with Gasteiger partial charge >= 0.3 is 11.9 Å². The highest BCUT2D eigenvalue weighted by atomic mass is 32.2. The van der Waals surface area contributed by atoms with E-state index in [1.165, 1.54) is 7.11 Å². The highest BCUT2D eigenvalue weighted by molar-refractivity contribution is 8.26. The Bertz CT molecular complexity index is 681. The van der Waals surface area contributed by atoms with Gasteiger partial charge in [-0.1, -0.05) is 36.1 Å². The maximum Gasteiger partial charge on any atom is 0.337 e. The summed E-state index contributed by atoms with van der Waals surface area (Å²) in [6.45, 7) is -0.455. The van der Waals surface area contributed by atoms with Crippen LogP contribution in [-0.4, -0.2) is 45.8 Å². The zero-order valence-corrected chi connectivity index (χ0v) is 13.1. The van der Waals surface area contributed by atoms with Crippen molar-refractivity contribution in [2.45, 2.75) is 0 Å². The van der Waals surface area contributed by atoms with Crippen LogP contribution in [0.2, 0.25) is 0 Å². The molecule has 0 spiro atoms. The first kappa shape index (κ1) is 16.2. The van der Waals surface area contributed by atoms with Crippen LogP contribution in [0.5, 0.6) is 0 Å². The van der Waals surface area contributed by atoms with Crippen molar-refractivity contribution >= 4 is 52.2 Å². The van der Waals surface area contributed by atoms with Gasteiger partial charge in [0.2, 0.25) is 0 Å². The van der Waals surface area contributed by atoms with Crippen LogP contribution >= 0.6 is 24.0 Å². The van der Waals surface area contributed by atoms with E-state index in [1.54, 1.807) is 30.3 Å². The first-order valence-electron chi connectivity index (χ1n) is 6.08. The molecule has 1 aromatic carbocycles. The van der Waals surface area contributed by atoms with Crippen LogP contribution in [-0.2, 0) is 14.3 Å². The van der Waals surface area contributed by atoms with Crippen molar-refractivity contribution in [2.24, 2.45) is 0 Å². The molecule has 1 fully saturated rings. The first-order chi connectivity index (χ1) is 10.4. The van der Waals surface area contributed by atoms with Gasteiger partial charge in [0, 0.05) is 0 Å². The third-order valence-electron chi connectivity index (χ3n) is 2.80. The van der Waals surface area contributed by atoms with E-state index in [9.17, 15) is 14.4 Å². The summed E-state index contributed by atoms with van der Waals surface area (Å²) in [7, 11) is 1.30. The van der Waals surface area contributed by atoms with E-state index in [4.69, 9.17) is 17.3 Å². The number of methoxy groups -OCH3 is 1. The number of carboxylic acid groups (broad SMARTS) is 1. The number of benzene rings is 1. The minimum absolute atomic E-state index is 0.213. The fourth-order valence-electron chi connectivity index (χ4n) is 1.76. The molecule has 114 valence electrons. The van der Waals surface area contributed by atoms with Crippen LogP contribution in [0.3, 0.4) is 0 Å². The molecule has 0 radical (unpaired) electrons. The van der Waals surface area contributed by atoms with Crippen molar-refractivity contribution in [3.63, 3.8) is 0 Å². The second-order valence-electron chi connectivity index (χ2n) is 4.28. The zero-order chi connectivity index (χ0) is 16.3. The number of carbonyl (C=O) groups excluding carboxylic acids is 2. The van der Waals surface area contributed by atoms with Gasteiger partial charge in [0.1, 0.15) is 10.9 Å². The average Bonchev–Trinajstić information content (AvgIpc) is 2.74. The standard InChI is InChI=1S/C14H11NO5S2/c1-20-13(19)9-4-2-8(3-5-9)6-10-12(18)15(7-11(16)17)14(21)22-10/h2-6H,7H2,1H3,(H,16,17)/b10-6+. The molecule has 22 heavy (non-hydrogen) atoms. The molecule has 0 unspecified atom stereocenters. The van der Waals surface area contributed by atoms with Crippen LogP contribution < -0.4 is 0 Å². The molecule has 1 aliphatic rings. The number of esters is 1. The average molecular weight is 337 g/mol. The predicted molar refractivity (Wildman–Crippen MR) is 85.3 cm³/mol. The molecular formula is C14H11NO5S2. The number of nitrogens with zero attached hydrogens (tertiary/aromatic N) is 1. The van der Waals surface area contributed by atoms with Crippen LogP contribution in [0.15, 0.2) is 29.2 Å². The lowest BCUT2D eigenvalue weighted by Gasteiger charge is -2.10. The number of aliphatic carboxylic acids is 1. The van der Waals surface area contributed by atoms with Gasteiger partial charge in [-0.2, -0.15) is 0 Å². The Morgan fingerprint density at radius 2 is 2.00 bits per heavy atom. The van der Waals surface area contributed by atoms with Gasteiger partial charge in [0.05, 0.1) is 17.6 Å². The summed E-state index contributed by atoms with van der Waals surface area (Å²) in [4.78, 5) is 35.5.